The third-order valence-electron chi connectivity index (χ3n) is 3.80. The molecule has 0 spiro atoms. The molecule has 0 aliphatic carbocycles. The minimum atomic E-state index is 0.177. The summed E-state index contributed by atoms with van der Waals surface area (Å²) < 4.78 is 5.44. The number of hydrogen-bond donors (Lipinski definition) is 2. The highest BCUT2D eigenvalue weighted by Crippen LogP contribution is 2.25. The fraction of sp³-hybridized carbons (Fsp3) is 1.00. The van der Waals surface area contributed by atoms with E-state index in [2.05, 4.69) is 31.0 Å². The first-order chi connectivity index (χ1) is 8.65. The maximum Gasteiger partial charge on any atom is 0.0644 e. The van der Waals surface area contributed by atoms with Crippen molar-refractivity contribution in [1.82, 2.24) is 10.2 Å². The van der Waals surface area contributed by atoms with E-state index in [9.17, 15) is 5.11 Å². The standard InChI is InChI=1S/C14H30N2O2/c1-4-6-14(3,11-15-5-2)12-16-7-8-18-10-13(16)9-17/h13,15,17H,4-12H2,1-3H3. The molecule has 0 aromatic rings. The molecule has 1 rings (SSSR count). The van der Waals surface area contributed by atoms with Gasteiger partial charge >= 0.3 is 0 Å². The lowest BCUT2D eigenvalue weighted by Gasteiger charge is -2.41. The maximum absolute atomic E-state index is 9.43. The van der Waals surface area contributed by atoms with Crippen LogP contribution in [0.25, 0.3) is 0 Å². The Morgan fingerprint density at radius 3 is 2.83 bits per heavy atom. The second kappa shape index (κ2) is 8.10. The molecule has 1 saturated heterocycles. The molecule has 1 aliphatic heterocycles. The van der Waals surface area contributed by atoms with Crippen molar-refractivity contribution in [2.24, 2.45) is 5.41 Å². The van der Waals surface area contributed by atoms with E-state index in [1.54, 1.807) is 0 Å². The van der Waals surface area contributed by atoms with Gasteiger partial charge < -0.3 is 15.2 Å². The summed E-state index contributed by atoms with van der Waals surface area (Å²) in [6.45, 7) is 12.5. The van der Waals surface area contributed by atoms with Crippen LogP contribution in [0.3, 0.4) is 0 Å². The van der Waals surface area contributed by atoms with Gasteiger partial charge in [-0.15, -0.1) is 0 Å². The van der Waals surface area contributed by atoms with E-state index in [4.69, 9.17) is 4.74 Å². The molecule has 0 aromatic carbocycles. The second-order valence-corrected chi connectivity index (χ2v) is 5.72. The Kier molecular flexibility index (Phi) is 7.15. The van der Waals surface area contributed by atoms with E-state index in [0.717, 1.165) is 32.8 Å². The van der Waals surface area contributed by atoms with Gasteiger partial charge in [0.1, 0.15) is 0 Å². The van der Waals surface area contributed by atoms with Gasteiger partial charge in [0.2, 0.25) is 0 Å². The largest absolute Gasteiger partial charge is 0.395 e. The average molecular weight is 258 g/mol. The number of nitrogens with one attached hydrogen (secondary N) is 1. The van der Waals surface area contributed by atoms with E-state index in [1.807, 2.05) is 0 Å². The van der Waals surface area contributed by atoms with Crippen LogP contribution in [0.4, 0.5) is 0 Å². The lowest BCUT2D eigenvalue weighted by atomic mass is 9.84. The topological polar surface area (TPSA) is 44.7 Å². The van der Waals surface area contributed by atoms with Crippen molar-refractivity contribution in [3.8, 4) is 0 Å². The molecule has 2 atom stereocenters. The first kappa shape index (κ1) is 15.9. The Bertz CT molecular complexity index is 226. The van der Waals surface area contributed by atoms with Gasteiger partial charge in [0.25, 0.3) is 0 Å². The Labute approximate surface area is 112 Å². The van der Waals surface area contributed by atoms with Crippen molar-refractivity contribution < 1.29 is 9.84 Å². The molecule has 108 valence electrons. The number of aliphatic hydroxyl groups is 1. The zero-order chi connectivity index (χ0) is 13.4. The fourth-order valence-corrected chi connectivity index (χ4v) is 2.81. The Balaban J connectivity index is 2.56. The van der Waals surface area contributed by atoms with Crippen molar-refractivity contribution >= 4 is 0 Å². The van der Waals surface area contributed by atoms with Crippen LogP contribution < -0.4 is 5.32 Å². The highest BCUT2D eigenvalue weighted by molar-refractivity contribution is 4.85. The summed E-state index contributed by atoms with van der Waals surface area (Å²) in [6, 6.07) is 0.177. The molecule has 0 saturated carbocycles. The minimum Gasteiger partial charge on any atom is -0.395 e. The van der Waals surface area contributed by atoms with Crippen LogP contribution in [0.1, 0.15) is 33.6 Å². The molecule has 1 aliphatic rings. The minimum absolute atomic E-state index is 0.177. The van der Waals surface area contributed by atoms with Crippen LogP contribution in [-0.2, 0) is 4.74 Å². The van der Waals surface area contributed by atoms with Crippen molar-refractivity contribution in [1.29, 1.82) is 0 Å². The first-order valence-corrected chi connectivity index (χ1v) is 7.28. The third-order valence-corrected chi connectivity index (χ3v) is 3.80. The molecule has 0 aromatic heterocycles. The summed E-state index contributed by atoms with van der Waals surface area (Å²) in [6.07, 6.45) is 2.42. The zero-order valence-electron chi connectivity index (χ0n) is 12.2. The summed E-state index contributed by atoms with van der Waals surface area (Å²) in [7, 11) is 0. The molecule has 0 bridgehead atoms. The Hall–Kier alpha value is -0.160. The third kappa shape index (κ3) is 4.84. The molecule has 2 N–H and O–H groups in total. The molecule has 0 amide bonds. The monoisotopic (exact) mass is 258 g/mol. The van der Waals surface area contributed by atoms with Crippen LogP contribution >= 0.6 is 0 Å². The van der Waals surface area contributed by atoms with Crippen LogP contribution in [0, 0.1) is 5.41 Å². The summed E-state index contributed by atoms with van der Waals surface area (Å²) in [5.41, 5.74) is 0.287. The van der Waals surface area contributed by atoms with Crippen molar-refractivity contribution in [2.45, 2.75) is 39.7 Å². The molecule has 1 heterocycles. The number of ether oxygens (including phenoxy) is 1. The number of morpholine rings is 1. The number of rotatable bonds is 8. The van der Waals surface area contributed by atoms with E-state index < -0.39 is 0 Å². The van der Waals surface area contributed by atoms with Gasteiger partial charge in [-0.05, 0) is 18.4 Å². The van der Waals surface area contributed by atoms with Crippen molar-refractivity contribution in [3.63, 3.8) is 0 Å². The van der Waals surface area contributed by atoms with E-state index in [1.165, 1.54) is 12.8 Å². The lowest BCUT2D eigenvalue weighted by molar-refractivity contribution is -0.0435. The lowest BCUT2D eigenvalue weighted by Crippen LogP contribution is -2.52. The Morgan fingerprint density at radius 1 is 1.44 bits per heavy atom. The molecule has 4 heteroatoms. The Morgan fingerprint density at radius 2 is 2.22 bits per heavy atom. The van der Waals surface area contributed by atoms with Gasteiger partial charge in [0.05, 0.1) is 25.9 Å². The predicted octanol–water partition coefficient (Wildman–Crippen LogP) is 1.10. The molecule has 2 unspecified atom stereocenters. The van der Waals surface area contributed by atoms with Gasteiger partial charge in [0, 0.05) is 19.6 Å². The smallest absolute Gasteiger partial charge is 0.0644 e. The summed E-state index contributed by atoms with van der Waals surface area (Å²) in [5, 5.41) is 12.9. The predicted molar refractivity (Wildman–Crippen MR) is 74.8 cm³/mol. The molecule has 18 heavy (non-hydrogen) atoms. The number of nitrogens with zero attached hydrogens (tertiary/aromatic N) is 1. The highest BCUT2D eigenvalue weighted by atomic mass is 16.5. The summed E-state index contributed by atoms with van der Waals surface area (Å²) in [5.74, 6) is 0. The average Bonchev–Trinajstić information content (AvgIpc) is 2.37. The van der Waals surface area contributed by atoms with Gasteiger partial charge in [-0.1, -0.05) is 27.2 Å². The SMILES string of the molecule is CCCC(C)(CNCC)CN1CCOCC1CO. The van der Waals surface area contributed by atoms with Gasteiger partial charge in [-0.3, -0.25) is 4.90 Å². The molecular weight excluding hydrogens is 228 g/mol. The maximum atomic E-state index is 9.43. The molecule has 4 nitrogen and oxygen atoms in total. The molecule has 0 radical (unpaired) electrons. The van der Waals surface area contributed by atoms with E-state index >= 15 is 0 Å². The number of hydrogen-bond acceptors (Lipinski definition) is 4. The fourth-order valence-electron chi connectivity index (χ4n) is 2.81. The summed E-state index contributed by atoms with van der Waals surface area (Å²) in [4.78, 5) is 2.40. The van der Waals surface area contributed by atoms with Crippen LogP contribution in [-0.4, -0.2) is 62.0 Å². The zero-order valence-corrected chi connectivity index (χ0v) is 12.2. The molecule has 1 fully saturated rings. The van der Waals surface area contributed by atoms with Gasteiger partial charge in [-0.2, -0.15) is 0 Å². The van der Waals surface area contributed by atoms with Gasteiger partial charge in [-0.25, -0.2) is 0 Å². The van der Waals surface area contributed by atoms with E-state index in [-0.39, 0.29) is 18.1 Å². The van der Waals surface area contributed by atoms with E-state index in [0.29, 0.717) is 6.61 Å². The van der Waals surface area contributed by atoms with Crippen LogP contribution in [0.2, 0.25) is 0 Å². The van der Waals surface area contributed by atoms with Crippen molar-refractivity contribution in [2.75, 3.05) is 46.0 Å². The quantitative estimate of drug-likeness (QED) is 0.684. The summed E-state index contributed by atoms with van der Waals surface area (Å²) >= 11 is 0. The first-order valence-electron chi connectivity index (χ1n) is 7.28. The second-order valence-electron chi connectivity index (χ2n) is 5.72. The van der Waals surface area contributed by atoms with Crippen LogP contribution in [0.5, 0.6) is 0 Å². The normalized spacial score (nSPS) is 25.0. The van der Waals surface area contributed by atoms with Crippen LogP contribution in [0.15, 0.2) is 0 Å². The number of aliphatic hydroxyl groups excluding tert-OH is 1. The molecular formula is C14H30N2O2. The van der Waals surface area contributed by atoms with Crippen molar-refractivity contribution in [3.05, 3.63) is 0 Å². The highest BCUT2D eigenvalue weighted by Gasteiger charge is 2.30. The van der Waals surface area contributed by atoms with Gasteiger partial charge in [0.15, 0.2) is 0 Å².